The van der Waals surface area contributed by atoms with Crippen molar-refractivity contribution in [3.63, 3.8) is 0 Å². The zero-order valence-corrected chi connectivity index (χ0v) is 17.3. The smallest absolute Gasteiger partial charge is 0.322 e. The molecule has 1 aromatic heterocycles. The van der Waals surface area contributed by atoms with Gasteiger partial charge in [-0.05, 0) is 24.5 Å². The molecule has 1 N–H and O–H groups in total. The van der Waals surface area contributed by atoms with Gasteiger partial charge >= 0.3 is 6.03 Å². The normalized spacial score (nSPS) is 19.5. The van der Waals surface area contributed by atoms with Gasteiger partial charge in [-0.3, -0.25) is 14.9 Å². The molecule has 0 radical (unpaired) electrons. The molecule has 7 heteroatoms. The first-order valence-corrected chi connectivity index (χ1v) is 10.5. The number of hydrogen-bond donors (Lipinski definition) is 1. The summed E-state index contributed by atoms with van der Waals surface area (Å²) in [6.07, 6.45) is 6.22. The number of nitrogens with zero attached hydrogens (tertiary/aromatic N) is 5. The summed E-state index contributed by atoms with van der Waals surface area (Å²) in [5.74, 6) is 0.652. The number of anilines is 2. The monoisotopic (exact) mass is 394 g/mol. The van der Waals surface area contributed by atoms with Gasteiger partial charge in [0.25, 0.3) is 0 Å². The Labute approximate surface area is 172 Å². The van der Waals surface area contributed by atoms with E-state index >= 15 is 0 Å². The number of nitrogens with one attached hydrogen (secondary N) is 1. The third-order valence-corrected chi connectivity index (χ3v) is 5.54. The molecule has 0 spiro atoms. The number of benzene rings is 1. The van der Waals surface area contributed by atoms with E-state index in [1.807, 2.05) is 23.1 Å². The van der Waals surface area contributed by atoms with Crippen LogP contribution in [-0.2, 0) is 6.54 Å². The van der Waals surface area contributed by atoms with Crippen LogP contribution in [0.25, 0.3) is 0 Å². The lowest BCUT2D eigenvalue weighted by atomic mass is 10.1. The van der Waals surface area contributed by atoms with Crippen LogP contribution < -0.4 is 15.1 Å². The minimum absolute atomic E-state index is 0.00741. The Kier molecular flexibility index (Phi) is 5.94. The summed E-state index contributed by atoms with van der Waals surface area (Å²) in [4.78, 5) is 28.2. The summed E-state index contributed by atoms with van der Waals surface area (Å²) in [7, 11) is 0. The molecule has 2 aromatic rings. The minimum Gasteiger partial charge on any atom is -0.362 e. The van der Waals surface area contributed by atoms with Gasteiger partial charge in [0, 0.05) is 51.2 Å². The predicted octanol–water partition coefficient (Wildman–Crippen LogP) is 2.74. The summed E-state index contributed by atoms with van der Waals surface area (Å²) < 4.78 is 0. The fourth-order valence-electron chi connectivity index (χ4n) is 4.29. The van der Waals surface area contributed by atoms with Crippen molar-refractivity contribution in [1.29, 1.82) is 0 Å². The largest absolute Gasteiger partial charge is 0.362 e. The molecule has 0 bridgehead atoms. The second-order valence-corrected chi connectivity index (χ2v) is 8.35. The Balaban J connectivity index is 1.43. The summed E-state index contributed by atoms with van der Waals surface area (Å²) in [6, 6.07) is 8.34. The molecule has 7 nitrogen and oxygen atoms in total. The number of hydrogen-bond acceptors (Lipinski definition) is 5. The first kappa shape index (κ1) is 19.6. The van der Waals surface area contributed by atoms with Crippen LogP contribution >= 0.6 is 0 Å². The van der Waals surface area contributed by atoms with Gasteiger partial charge in [0.2, 0.25) is 0 Å². The van der Waals surface area contributed by atoms with E-state index in [1.165, 1.54) is 0 Å². The predicted molar refractivity (Wildman–Crippen MR) is 115 cm³/mol. The van der Waals surface area contributed by atoms with Crippen molar-refractivity contribution in [3.05, 3.63) is 48.5 Å². The number of fused-ring (bicyclic) bond motifs is 1. The highest BCUT2D eigenvalue weighted by Crippen LogP contribution is 2.33. The zero-order chi connectivity index (χ0) is 20.2. The van der Waals surface area contributed by atoms with Crippen LogP contribution in [0.4, 0.5) is 16.2 Å². The Morgan fingerprint density at radius 1 is 1.17 bits per heavy atom. The second-order valence-electron chi connectivity index (χ2n) is 8.35. The van der Waals surface area contributed by atoms with Crippen LogP contribution in [0, 0.1) is 5.92 Å². The Bertz CT molecular complexity index is 827. The number of rotatable bonds is 5. The van der Waals surface area contributed by atoms with Crippen LogP contribution in [-0.4, -0.2) is 59.7 Å². The fourth-order valence-corrected chi connectivity index (χ4v) is 4.29. The van der Waals surface area contributed by atoms with Crippen LogP contribution in [0.1, 0.15) is 26.0 Å². The van der Waals surface area contributed by atoms with Gasteiger partial charge < -0.3 is 15.1 Å². The lowest BCUT2D eigenvalue weighted by Crippen LogP contribution is -2.51. The first-order valence-electron chi connectivity index (χ1n) is 10.5. The highest BCUT2D eigenvalue weighted by Gasteiger charge is 2.30. The van der Waals surface area contributed by atoms with Gasteiger partial charge in [0.05, 0.1) is 29.8 Å². The molecule has 0 aliphatic carbocycles. The van der Waals surface area contributed by atoms with Crippen LogP contribution in [0.15, 0.2) is 42.9 Å². The zero-order valence-electron chi connectivity index (χ0n) is 17.3. The summed E-state index contributed by atoms with van der Waals surface area (Å²) >= 11 is 0. The van der Waals surface area contributed by atoms with Crippen LogP contribution in [0.3, 0.4) is 0 Å². The van der Waals surface area contributed by atoms with Crippen molar-refractivity contribution < 1.29 is 4.79 Å². The molecule has 2 aliphatic heterocycles. The van der Waals surface area contributed by atoms with Crippen molar-refractivity contribution in [2.75, 3.05) is 42.5 Å². The molecule has 0 saturated carbocycles. The number of likely N-dealkylation sites (tertiary alicyclic amines) is 1. The SMILES string of the molecule is CC(C)CN1CC[C@H](NC(=O)N2CCN(Cc3cnccn3)c3ccccc32)C1. The molecule has 1 aromatic carbocycles. The molecule has 3 heterocycles. The molecular formula is C22H30N6O. The molecule has 2 amide bonds. The lowest BCUT2D eigenvalue weighted by molar-refractivity contribution is 0.240. The van der Waals surface area contributed by atoms with E-state index < -0.39 is 0 Å². The first-order chi connectivity index (χ1) is 14.1. The van der Waals surface area contributed by atoms with E-state index in [1.54, 1.807) is 18.6 Å². The molecule has 1 saturated heterocycles. The summed E-state index contributed by atoms with van der Waals surface area (Å²) in [5.41, 5.74) is 2.95. The fraction of sp³-hybridized carbons (Fsp3) is 0.500. The molecule has 1 atom stereocenters. The average molecular weight is 395 g/mol. The molecule has 4 rings (SSSR count). The van der Waals surface area contributed by atoms with E-state index in [0.717, 1.165) is 49.7 Å². The maximum Gasteiger partial charge on any atom is 0.322 e. The highest BCUT2D eigenvalue weighted by atomic mass is 16.2. The third kappa shape index (κ3) is 4.67. The summed E-state index contributed by atoms with van der Waals surface area (Å²) in [5, 5.41) is 3.26. The van der Waals surface area contributed by atoms with E-state index in [4.69, 9.17) is 0 Å². The van der Waals surface area contributed by atoms with Crippen molar-refractivity contribution in [2.24, 2.45) is 5.92 Å². The van der Waals surface area contributed by atoms with E-state index in [-0.39, 0.29) is 12.1 Å². The Hall–Kier alpha value is -2.67. The average Bonchev–Trinajstić information content (AvgIpc) is 3.15. The number of carbonyl (C=O) groups is 1. The molecule has 1 fully saturated rings. The van der Waals surface area contributed by atoms with Crippen molar-refractivity contribution in [2.45, 2.75) is 32.9 Å². The van der Waals surface area contributed by atoms with Gasteiger partial charge in [0.15, 0.2) is 0 Å². The van der Waals surface area contributed by atoms with Gasteiger partial charge in [0.1, 0.15) is 0 Å². The quantitative estimate of drug-likeness (QED) is 0.845. The Morgan fingerprint density at radius 2 is 2.00 bits per heavy atom. The minimum atomic E-state index is 0.00741. The van der Waals surface area contributed by atoms with Gasteiger partial charge in [-0.25, -0.2) is 4.79 Å². The van der Waals surface area contributed by atoms with Gasteiger partial charge in [-0.15, -0.1) is 0 Å². The van der Waals surface area contributed by atoms with Crippen LogP contribution in [0.2, 0.25) is 0 Å². The molecular weight excluding hydrogens is 364 g/mol. The van der Waals surface area contributed by atoms with Crippen molar-refractivity contribution >= 4 is 17.4 Å². The van der Waals surface area contributed by atoms with Crippen LogP contribution in [0.5, 0.6) is 0 Å². The van der Waals surface area contributed by atoms with Gasteiger partial charge in [-0.1, -0.05) is 26.0 Å². The number of amides is 2. The standard InChI is InChI=1S/C22H30N6O/c1-17(2)14-26-10-7-18(15-26)25-22(29)28-12-11-27(16-19-13-23-8-9-24-19)20-5-3-4-6-21(20)28/h3-6,8-9,13,17-18H,7,10-12,14-16H2,1-2H3,(H,25,29)/t18-/m0/s1. The number of carbonyl (C=O) groups excluding carboxylic acids is 1. The number of para-hydroxylation sites is 2. The Morgan fingerprint density at radius 3 is 2.76 bits per heavy atom. The second kappa shape index (κ2) is 8.78. The molecule has 2 aliphatic rings. The van der Waals surface area contributed by atoms with Crippen molar-refractivity contribution in [1.82, 2.24) is 20.2 Å². The van der Waals surface area contributed by atoms with E-state index in [9.17, 15) is 4.79 Å². The molecule has 0 unspecified atom stereocenters. The summed E-state index contributed by atoms with van der Waals surface area (Å²) in [6.45, 7) is 9.69. The van der Waals surface area contributed by atoms with Gasteiger partial charge in [-0.2, -0.15) is 0 Å². The lowest BCUT2D eigenvalue weighted by Gasteiger charge is -2.38. The maximum absolute atomic E-state index is 13.1. The molecule has 29 heavy (non-hydrogen) atoms. The topological polar surface area (TPSA) is 64.6 Å². The number of urea groups is 1. The molecule has 154 valence electrons. The van der Waals surface area contributed by atoms with E-state index in [2.05, 4.69) is 45.0 Å². The highest BCUT2D eigenvalue weighted by molar-refractivity contribution is 5.97. The number of aromatic nitrogens is 2. The van der Waals surface area contributed by atoms with E-state index in [0.29, 0.717) is 19.0 Å². The third-order valence-electron chi connectivity index (χ3n) is 5.54. The van der Waals surface area contributed by atoms with Crippen molar-refractivity contribution in [3.8, 4) is 0 Å². The maximum atomic E-state index is 13.1.